The Hall–Kier alpha value is -4.46. The minimum atomic E-state index is -4.93. The number of hydrogen-bond acceptors (Lipinski definition) is 10. The number of hydrogen-bond donors (Lipinski definition) is 4. The molecule has 18 heteroatoms. The van der Waals surface area contributed by atoms with Crippen LogP contribution in [0.25, 0.3) is 0 Å². The summed E-state index contributed by atoms with van der Waals surface area (Å²) in [5, 5.41) is 1.67. The van der Waals surface area contributed by atoms with Crippen LogP contribution in [-0.2, 0) is 36.6 Å². The van der Waals surface area contributed by atoms with Crippen LogP contribution >= 0.6 is 0 Å². The van der Waals surface area contributed by atoms with Crippen molar-refractivity contribution in [2.45, 2.75) is 96.1 Å². The summed E-state index contributed by atoms with van der Waals surface area (Å²) in [6, 6.07) is 0. The molecule has 0 bridgehead atoms. The highest BCUT2D eigenvalue weighted by atomic mass is 19.4. The molecule has 2 saturated heterocycles. The monoisotopic (exact) mass is 738 g/mol. The predicted octanol–water partition coefficient (Wildman–Crippen LogP) is 1.01. The van der Waals surface area contributed by atoms with E-state index < -0.39 is 40.8 Å². The van der Waals surface area contributed by atoms with Crippen molar-refractivity contribution >= 4 is 5.91 Å². The van der Waals surface area contributed by atoms with Gasteiger partial charge in [-0.05, 0) is 38.5 Å². The number of aromatic nitrogens is 4. The first-order chi connectivity index (χ1) is 24.9. The molecule has 15 nitrogen and oxygen atoms in total. The maximum atomic E-state index is 12.0. The summed E-state index contributed by atoms with van der Waals surface area (Å²) >= 11 is 0. The average molecular weight is 739 g/mol. The molecule has 286 valence electrons. The summed E-state index contributed by atoms with van der Waals surface area (Å²) in [5.41, 5.74) is 4.10. The Kier molecular flexibility index (Phi) is 17.1. The lowest BCUT2D eigenvalue weighted by Gasteiger charge is -2.15. The third-order valence-corrected chi connectivity index (χ3v) is 7.99. The summed E-state index contributed by atoms with van der Waals surface area (Å²) < 4.78 is 60.5. The lowest BCUT2D eigenvalue weighted by Crippen LogP contribution is -2.38. The number of nitrogens with two attached hydrogens (primary N) is 1. The van der Waals surface area contributed by atoms with Gasteiger partial charge >= 0.3 is 23.5 Å². The lowest BCUT2D eigenvalue weighted by molar-refractivity contribution is -0.173. The van der Waals surface area contributed by atoms with Crippen molar-refractivity contribution in [3.63, 3.8) is 0 Å². The molecule has 4 atom stereocenters. The van der Waals surface area contributed by atoms with Crippen LogP contribution in [0.2, 0.25) is 0 Å². The number of nitrogens with one attached hydrogen (secondary N) is 3. The minimum absolute atomic E-state index is 0.0632. The smallest absolute Gasteiger partial charge is 0.367 e. The first-order valence-electron chi connectivity index (χ1n) is 17.0. The first kappa shape index (κ1) is 42.0. The number of carbonyl (C=O) groups is 1. The number of rotatable bonds is 13. The van der Waals surface area contributed by atoms with Gasteiger partial charge in [-0.2, -0.15) is 13.2 Å². The molecule has 2 aromatic rings. The lowest BCUT2D eigenvalue weighted by atomic mass is 10.2. The molecule has 0 aliphatic carbocycles. The molecule has 2 fully saturated rings. The van der Waals surface area contributed by atoms with Crippen LogP contribution in [0.4, 0.5) is 13.2 Å². The quantitative estimate of drug-likeness (QED) is 0.170. The third-order valence-electron chi connectivity index (χ3n) is 7.99. The topological polar surface area (TPSA) is 202 Å². The molecule has 0 spiro atoms. The number of amides is 1. The summed E-state index contributed by atoms with van der Waals surface area (Å²) in [7, 11) is 0. The zero-order chi connectivity index (χ0) is 38.1. The number of aromatic amines is 2. The van der Waals surface area contributed by atoms with Gasteiger partial charge in [-0.15, -0.1) is 0 Å². The molecule has 2 aliphatic heterocycles. The Morgan fingerprint density at radius 1 is 0.827 bits per heavy atom. The minimum Gasteiger partial charge on any atom is -0.367 e. The molecule has 1 amide bonds. The van der Waals surface area contributed by atoms with E-state index in [0.29, 0.717) is 25.1 Å². The molecule has 0 unspecified atom stereocenters. The average Bonchev–Trinajstić information content (AvgIpc) is 3.79. The fourth-order valence-corrected chi connectivity index (χ4v) is 5.20. The van der Waals surface area contributed by atoms with Crippen LogP contribution in [0, 0.1) is 23.7 Å². The van der Waals surface area contributed by atoms with Gasteiger partial charge in [0.1, 0.15) is 25.7 Å². The molecule has 0 aromatic carbocycles. The van der Waals surface area contributed by atoms with Gasteiger partial charge in [0.15, 0.2) is 0 Å². The summed E-state index contributed by atoms with van der Waals surface area (Å²) in [5.74, 6) is 8.98. The largest absolute Gasteiger partial charge is 0.471 e. The molecule has 2 aliphatic rings. The van der Waals surface area contributed by atoms with Crippen molar-refractivity contribution < 1.29 is 36.9 Å². The van der Waals surface area contributed by atoms with Gasteiger partial charge in [0, 0.05) is 49.5 Å². The molecule has 2 aromatic heterocycles. The Bertz CT molecular complexity index is 1830. The van der Waals surface area contributed by atoms with Crippen molar-refractivity contribution in [2.24, 2.45) is 5.73 Å². The van der Waals surface area contributed by atoms with E-state index in [1.54, 1.807) is 11.5 Å². The van der Waals surface area contributed by atoms with Crippen LogP contribution in [-0.4, -0.2) is 82.9 Å². The maximum absolute atomic E-state index is 12.0. The van der Waals surface area contributed by atoms with E-state index in [9.17, 15) is 37.1 Å². The highest BCUT2D eigenvalue weighted by molar-refractivity contribution is 5.81. The number of nitrogens with zero attached hydrogens (tertiary/aromatic N) is 2. The van der Waals surface area contributed by atoms with E-state index in [1.807, 2.05) is 6.92 Å². The van der Waals surface area contributed by atoms with Crippen LogP contribution in [0.3, 0.4) is 0 Å². The van der Waals surface area contributed by atoms with Crippen molar-refractivity contribution in [1.82, 2.24) is 24.4 Å². The van der Waals surface area contributed by atoms with E-state index in [2.05, 4.69) is 40.6 Å². The van der Waals surface area contributed by atoms with Crippen molar-refractivity contribution in [3.05, 3.63) is 65.2 Å². The van der Waals surface area contributed by atoms with Gasteiger partial charge in [0.05, 0.1) is 25.4 Å². The molecule has 0 saturated carbocycles. The fourth-order valence-electron chi connectivity index (χ4n) is 5.20. The highest BCUT2D eigenvalue weighted by Gasteiger charge is 2.38. The summed E-state index contributed by atoms with van der Waals surface area (Å²) in [6.45, 7) is 4.71. The van der Waals surface area contributed by atoms with E-state index in [-0.39, 0.29) is 63.2 Å². The Balaban J connectivity index is 0.000000288. The normalized spacial score (nSPS) is 19.5. The van der Waals surface area contributed by atoms with Crippen LogP contribution in [0.15, 0.2) is 31.6 Å². The Morgan fingerprint density at radius 3 is 1.69 bits per heavy atom. The molecule has 52 heavy (non-hydrogen) atoms. The van der Waals surface area contributed by atoms with E-state index in [1.165, 1.54) is 15.3 Å². The zero-order valence-electron chi connectivity index (χ0n) is 29.1. The highest BCUT2D eigenvalue weighted by Crippen LogP contribution is 2.29. The standard InChI is InChI=1S/C18H22F3N3O5.C16H23N3O4/c1-2-13-6-7-14(29-13)24-11-12(15(25)23-17(24)27)5-3-4-9-28-10-8-22-16(26)18(19,20)21;1-2-13-6-7-14(23-13)19-11-12(15(20)18-16(19)21)5-3-4-9-22-10-8-17/h11,13-14H,2,5-10H2,1H3,(H,22,26)(H,23,25,27);11,13-14H,2,5-10,17H2,1H3,(H,18,20,21)/t2*13-,14-/m11/s1. The van der Waals surface area contributed by atoms with Gasteiger partial charge in [-0.1, -0.05) is 37.5 Å². The second kappa shape index (κ2) is 21.2. The van der Waals surface area contributed by atoms with E-state index in [0.717, 1.165) is 32.1 Å². The molecular weight excluding hydrogens is 693 g/mol. The van der Waals surface area contributed by atoms with E-state index in [4.69, 9.17) is 24.7 Å². The zero-order valence-corrected chi connectivity index (χ0v) is 29.1. The fraction of sp³-hybridized carbons (Fsp3) is 0.618. The van der Waals surface area contributed by atoms with Gasteiger partial charge in [-0.25, -0.2) is 9.59 Å². The van der Waals surface area contributed by atoms with Gasteiger partial charge in [0.2, 0.25) is 0 Å². The number of ether oxygens (including phenoxy) is 4. The van der Waals surface area contributed by atoms with Crippen LogP contribution < -0.4 is 33.5 Å². The van der Waals surface area contributed by atoms with Crippen molar-refractivity contribution in [2.75, 3.05) is 39.5 Å². The molecular formula is C34H45F3N6O9. The molecule has 5 N–H and O–H groups in total. The van der Waals surface area contributed by atoms with Gasteiger partial charge < -0.3 is 30.0 Å². The summed E-state index contributed by atoms with van der Waals surface area (Å²) in [4.78, 5) is 63.0. The van der Waals surface area contributed by atoms with Crippen LogP contribution in [0.5, 0.6) is 0 Å². The maximum Gasteiger partial charge on any atom is 0.471 e. The van der Waals surface area contributed by atoms with Crippen molar-refractivity contribution in [3.8, 4) is 23.7 Å². The van der Waals surface area contributed by atoms with Gasteiger partial charge in [-0.3, -0.25) is 33.5 Å². The van der Waals surface area contributed by atoms with Crippen molar-refractivity contribution in [1.29, 1.82) is 0 Å². The molecule has 4 heterocycles. The third kappa shape index (κ3) is 13.3. The Morgan fingerprint density at radius 2 is 1.29 bits per heavy atom. The predicted molar refractivity (Wildman–Crippen MR) is 182 cm³/mol. The van der Waals surface area contributed by atoms with Crippen LogP contribution in [0.1, 0.15) is 76.0 Å². The second-order valence-electron chi connectivity index (χ2n) is 11.7. The number of H-pyrrole nitrogens is 2. The SMILES string of the molecule is CC[C@@H]1CC[C@H](n2cc(CC#CCOCCN)c(=O)[nH]c2=O)O1.CC[C@@H]1CC[C@H](n2cc(CC#CCOCCNC(=O)C(F)(F)F)c(=O)[nH]c2=O)O1. The first-order valence-corrected chi connectivity index (χ1v) is 17.0. The second-order valence-corrected chi connectivity index (χ2v) is 11.7. The summed E-state index contributed by atoms with van der Waals surface area (Å²) in [6.07, 6.45) is 2.84. The van der Waals surface area contributed by atoms with Gasteiger partial charge in [0.25, 0.3) is 11.1 Å². The number of carbonyl (C=O) groups excluding carboxylic acids is 1. The number of alkyl halides is 3. The van der Waals surface area contributed by atoms with E-state index >= 15 is 0 Å². The Labute approximate surface area is 297 Å². The molecule has 4 rings (SSSR count). The molecule has 0 radical (unpaired) electrons. The number of halogens is 3.